The molecule has 6 rings (SSSR count). The van der Waals surface area contributed by atoms with Crippen LogP contribution in [0.3, 0.4) is 0 Å². The third-order valence-electron chi connectivity index (χ3n) is 7.13. The van der Waals surface area contributed by atoms with Crippen LogP contribution in [-0.4, -0.2) is 61.8 Å². The average molecular weight is 699 g/mol. The monoisotopic (exact) mass is 698 g/mol. The van der Waals surface area contributed by atoms with Gasteiger partial charge >= 0.3 is 0 Å². The molecule has 51 heavy (non-hydrogen) atoms. The van der Waals surface area contributed by atoms with E-state index < -0.39 is 19.1 Å². The third-order valence-corrected chi connectivity index (χ3v) is 7.13. The van der Waals surface area contributed by atoms with Crippen LogP contribution in [0, 0.1) is 5.95 Å². The number of carbonyl (C=O) groups excluding carboxylic acids is 2. The highest BCUT2D eigenvalue weighted by atomic mass is 19.1. The van der Waals surface area contributed by atoms with Crippen LogP contribution >= 0.6 is 0 Å². The summed E-state index contributed by atoms with van der Waals surface area (Å²) in [5, 5.41) is 19.6. The van der Waals surface area contributed by atoms with E-state index in [1.807, 2.05) is 27.7 Å². The number of phenols is 2. The number of phenolic OH excluding ortho intramolecular Hbond substituents is 2. The smallest absolute Gasteiger partial charge is 0.219 e. The Morgan fingerprint density at radius 1 is 0.765 bits per heavy atom. The molecule has 4 heterocycles. The van der Waals surface area contributed by atoms with Gasteiger partial charge in [0, 0.05) is 36.6 Å². The molecule has 2 N–H and O–H groups in total. The first kappa shape index (κ1) is 30.5. The average Bonchev–Trinajstić information content (AvgIpc) is 3.79. The van der Waals surface area contributed by atoms with E-state index in [4.69, 9.17) is 15.0 Å². The van der Waals surface area contributed by atoms with E-state index in [9.17, 15) is 24.2 Å². The Morgan fingerprint density at radius 2 is 1.29 bits per heavy atom. The lowest BCUT2D eigenvalue weighted by Crippen LogP contribution is -2.12. The van der Waals surface area contributed by atoms with Crippen molar-refractivity contribution in [1.29, 1.82) is 0 Å². The Bertz CT molecular complexity index is 2320. The predicted molar refractivity (Wildman–Crippen MR) is 182 cm³/mol. The highest BCUT2D eigenvalue weighted by Crippen LogP contribution is 2.29. The molecule has 2 aromatic carbocycles. The summed E-state index contributed by atoms with van der Waals surface area (Å²) < 4.78 is 61.5. The molecular weight excluding hydrogens is 659 g/mol. The van der Waals surface area contributed by atoms with Crippen molar-refractivity contribution in [2.24, 2.45) is 0 Å². The SMILES string of the molecule is [2H]C([2H])(Oc1cccc(O)c1C=O)c1cncnc1-n1c(F)cnc1C(C)C.[2H]C([2H])(Oc1cccc(O)c1C=O)c1cncnc1-n1ccnc1C(C)C. The minimum Gasteiger partial charge on any atom is -0.507 e. The Morgan fingerprint density at radius 3 is 1.82 bits per heavy atom. The van der Waals surface area contributed by atoms with Gasteiger partial charge in [0.25, 0.3) is 0 Å². The second-order valence-corrected chi connectivity index (χ2v) is 11.3. The molecule has 262 valence electrons. The maximum absolute atomic E-state index is 14.4. The Kier molecular flexibility index (Phi) is 9.74. The second-order valence-electron chi connectivity index (χ2n) is 11.3. The highest BCUT2D eigenvalue weighted by Gasteiger charge is 2.20. The molecule has 0 saturated heterocycles. The quantitative estimate of drug-likeness (QED) is 0.145. The van der Waals surface area contributed by atoms with Crippen LogP contribution in [0.25, 0.3) is 11.6 Å². The van der Waals surface area contributed by atoms with Crippen molar-refractivity contribution >= 4 is 12.6 Å². The van der Waals surface area contributed by atoms with Crippen LogP contribution in [0.2, 0.25) is 0 Å². The normalized spacial score (nSPS) is 12.6. The third kappa shape index (κ3) is 8.04. The van der Waals surface area contributed by atoms with Gasteiger partial charge in [0.05, 0.1) is 33.9 Å². The van der Waals surface area contributed by atoms with Gasteiger partial charge < -0.3 is 19.7 Å². The van der Waals surface area contributed by atoms with Gasteiger partial charge in [-0.25, -0.2) is 29.9 Å². The molecule has 14 nitrogen and oxygen atoms in total. The Labute approximate surface area is 297 Å². The van der Waals surface area contributed by atoms with Crippen LogP contribution < -0.4 is 9.47 Å². The van der Waals surface area contributed by atoms with Crippen LogP contribution in [0.5, 0.6) is 23.0 Å². The van der Waals surface area contributed by atoms with Gasteiger partial charge in [0.15, 0.2) is 12.6 Å². The van der Waals surface area contributed by atoms with Crippen molar-refractivity contribution in [2.75, 3.05) is 0 Å². The lowest BCUT2D eigenvalue weighted by molar-refractivity contribution is 0.110. The van der Waals surface area contributed by atoms with Gasteiger partial charge in [0.2, 0.25) is 5.95 Å². The summed E-state index contributed by atoms with van der Waals surface area (Å²) in [6.07, 6.45) is 10.0. The first-order valence-electron chi connectivity index (χ1n) is 17.4. The van der Waals surface area contributed by atoms with Gasteiger partial charge in [-0.15, -0.1) is 0 Å². The molecule has 0 aliphatic heterocycles. The zero-order chi connectivity index (χ0) is 40.1. The van der Waals surface area contributed by atoms with E-state index in [1.54, 1.807) is 17.0 Å². The number of aromatic hydroxyl groups is 2. The number of nitrogens with zero attached hydrogens (tertiary/aromatic N) is 8. The summed E-state index contributed by atoms with van der Waals surface area (Å²) in [6, 6.07) is 8.21. The molecule has 0 radical (unpaired) electrons. The summed E-state index contributed by atoms with van der Waals surface area (Å²) in [5.74, 6) is -0.439. The maximum Gasteiger partial charge on any atom is 0.219 e. The summed E-state index contributed by atoms with van der Waals surface area (Å²) in [6.45, 7) is 2.64. The van der Waals surface area contributed by atoms with Crippen molar-refractivity contribution in [3.63, 3.8) is 0 Å². The fourth-order valence-electron chi connectivity index (χ4n) is 4.74. The minimum atomic E-state index is -2.55. The number of hydrogen-bond acceptors (Lipinski definition) is 12. The van der Waals surface area contributed by atoms with Crippen LogP contribution in [-0.2, 0) is 13.1 Å². The molecule has 15 heteroatoms. The number of ether oxygens (including phenoxy) is 2. The Balaban J connectivity index is 0.000000211. The number of aldehydes is 2. The molecule has 0 spiro atoms. The summed E-state index contributed by atoms with van der Waals surface area (Å²) in [5.41, 5.74) is -0.453. The van der Waals surface area contributed by atoms with Crippen LogP contribution in [0.4, 0.5) is 4.39 Å². The van der Waals surface area contributed by atoms with Gasteiger partial charge in [-0.3, -0.25) is 18.7 Å². The van der Waals surface area contributed by atoms with Gasteiger partial charge in [-0.05, 0) is 24.3 Å². The second kappa shape index (κ2) is 16.3. The number of imidazole rings is 2. The van der Waals surface area contributed by atoms with Gasteiger partial charge in [-0.1, -0.05) is 39.8 Å². The standard InChI is InChI=1S/C18H17FN4O3.C18H18N4O3/c1-11(2)17-21-7-16(19)23(17)18-12(6-20-10-22-18)9-26-15-5-3-4-14(25)13(15)8-24;1-12(2)17-20-6-7-22(17)18-13(8-19-11-21-18)10-25-16-5-3-4-15(24)14(16)9-23/h3-8,10-11,25H,9H2,1-2H3;3-9,11-12,24H,10H2,1-2H3/i9D2;10D2. The molecule has 0 fully saturated rings. The minimum absolute atomic E-state index is 0.0603. The molecule has 6 aromatic rings. The molecule has 0 amide bonds. The largest absolute Gasteiger partial charge is 0.507 e. The van der Waals surface area contributed by atoms with E-state index in [-0.39, 0.29) is 68.7 Å². The number of carbonyl (C=O) groups is 2. The first-order chi connectivity index (χ1) is 26.1. The molecule has 4 aromatic heterocycles. The van der Waals surface area contributed by atoms with Crippen molar-refractivity contribution < 1.29 is 39.1 Å². The van der Waals surface area contributed by atoms with Crippen molar-refractivity contribution in [2.45, 2.75) is 52.6 Å². The number of rotatable bonds is 12. The molecule has 0 atom stereocenters. The van der Waals surface area contributed by atoms with Crippen LogP contribution in [0.1, 0.15) is 88.5 Å². The summed E-state index contributed by atoms with van der Waals surface area (Å²) in [4.78, 5) is 46.8. The zero-order valence-corrected chi connectivity index (χ0v) is 27.8. The highest BCUT2D eigenvalue weighted by molar-refractivity contribution is 5.84. The number of hydrogen-bond donors (Lipinski definition) is 2. The fourth-order valence-corrected chi connectivity index (χ4v) is 4.74. The van der Waals surface area contributed by atoms with E-state index in [1.165, 1.54) is 48.9 Å². The number of benzene rings is 2. The molecule has 0 aliphatic carbocycles. The van der Waals surface area contributed by atoms with E-state index in [0.717, 1.165) is 23.3 Å². The summed E-state index contributed by atoms with van der Waals surface area (Å²) in [7, 11) is 0. The lowest BCUT2D eigenvalue weighted by atomic mass is 10.2. The van der Waals surface area contributed by atoms with Crippen molar-refractivity contribution in [3.8, 4) is 34.6 Å². The molecule has 0 unspecified atom stereocenters. The number of halogens is 1. The molecule has 0 saturated carbocycles. The van der Waals surface area contributed by atoms with E-state index in [2.05, 4.69) is 29.9 Å². The van der Waals surface area contributed by atoms with E-state index in [0.29, 0.717) is 24.2 Å². The zero-order valence-electron chi connectivity index (χ0n) is 31.8. The fraction of sp³-hybridized carbons (Fsp3) is 0.222. The topological polar surface area (TPSA) is 180 Å². The van der Waals surface area contributed by atoms with E-state index >= 15 is 0 Å². The first-order valence-corrected chi connectivity index (χ1v) is 15.4. The maximum atomic E-state index is 14.4. The van der Waals surface area contributed by atoms with Gasteiger partial charge in [0.1, 0.15) is 72.1 Å². The Hall–Kier alpha value is -6.51. The number of aromatic nitrogens is 8. The van der Waals surface area contributed by atoms with Gasteiger partial charge in [-0.2, -0.15) is 4.39 Å². The summed E-state index contributed by atoms with van der Waals surface area (Å²) >= 11 is 0. The molecular formula is C36H35FN8O6. The van der Waals surface area contributed by atoms with Crippen molar-refractivity contribution in [3.05, 3.63) is 120 Å². The molecule has 0 bridgehead atoms. The lowest BCUT2D eigenvalue weighted by Gasteiger charge is -2.15. The molecule has 0 aliphatic rings. The van der Waals surface area contributed by atoms with Crippen LogP contribution in [0.15, 0.2) is 80.0 Å². The van der Waals surface area contributed by atoms with Crippen molar-refractivity contribution in [1.82, 2.24) is 39.0 Å². The predicted octanol–water partition coefficient (Wildman–Crippen LogP) is 5.90.